The molecule has 2 heterocycles. The minimum absolute atomic E-state index is 0.130. The number of carbonyl (C=O) groups excluding carboxylic acids is 1. The molecule has 0 saturated carbocycles. The third-order valence-electron chi connectivity index (χ3n) is 4.62. The number of benzene rings is 1. The van der Waals surface area contributed by atoms with E-state index >= 15 is 0 Å². The summed E-state index contributed by atoms with van der Waals surface area (Å²) < 4.78 is 11.4. The molecule has 1 saturated heterocycles. The minimum atomic E-state index is -0.130. The molecule has 140 valence electrons. The van der Waals surface area contributed by atoms with E-state index in [2.05, 4.69) is 43.7 Å². The highest BCUT2D eigenvalue weighted by Gasteiger charge is 2.25. The summed E-state index contributed by atoms with van der Waals surface area (Å²) in [6.07, 6.45) is 2.44. The maximum Gasteiger partial charge on any atom is 0.251 e. The quantitative estimate of drug-likeness (QED) is 0.706. The molecule has 1 aromatic heterocycles. The number of halogens is 1. The van der Waals surface area contributed by atoms with Gasteiger partial charge in [-0.15, -0.1) is 11.3 Å². The van der Waals surface area contributed by atoms with E-state index in [1.54, 1.807) is 37.7 Å². The first-order valence-electron chi connectivity index (χ1n) is 8.61. The van der Waals surface area contributed by atoms with Crippen LogP contribution in [-0.4, -0.2) is 44.7 Å². The Morgan fingerprint density at radius 2 is 1.92 bits per heavy atom. The zero-order valence-electron chi connectivity index (χ0n) is 15.0. The monoisotopic (exact) mass is 438 g/mol. The summed E-state index contributed by atoms with van der Waals surface area (Å²) in [6.45, 7) is 2.75. The molecule has 3 rings (SSSR count). The summed E-state index contributed by atoms with van der Waals surface area (Å²) in [7, 11) is 3.14. The Kier molecular flexibility index (Phi) is 6.56. The zero-order valence-corrected chi connectivity index (χ0v) is 17.4. The maximum atomic E-state index is 12.7. The average Bonchev–Trinajstić information content (AvgIpc) is 3.36. The van der Waals surface area contributed by atoms with Crippen molar-refractivity contribution in [1.82, 2.24) is 10.2 Å². The van der Waals surface area contributed by atoms with Crippen LogP contribution in [0.15, 0.2) is 34.1 Å². The van der Waals surface area contributed by atoms with Gasteiger partial charge in [-0.25, -0.2) is 0 Å². The number of carbonyl (C=O) groups is 1. The lowest BCUT2D eigenvalue weighted by Crippen LogP contribution is -2.36. The van der Waals surface area contributed by atoms with Gasteiger partial charge in [0.25, 0.3) is 5.91 Å². The second kappa shape index (κ2) is 8.88. The number of hydrogen-bond donors (Lipinski definition) is 1. The van der Waals surface area contributed by atoms with Crippen LogP contribution >= 0.6 is 27.3 Å². The van der Waals surface area contributed by atoms with Crippen LogP contribution in [-0.2, 0) is 0 Å². The molecule has 0 spiro atoms. The van der Waals surface area contributed by atoms with E-state index in [9.17, 15) is 4.79 Å². The number of methoxy groups -OCH3 is 2. The lowest BCUT2D eigenvalue weighted by atomic mass is 10.1. The highest BCUT2D eigenvalue weighted by atomic mass is 79.9. The van der Waals surface area contributed by atoms with E-state index in [0.717, 1.165) is 13.1 Å². The smallest absolute Gasteiger partial charge is 0.251 e. The fourth-order valence-corrected chi connectivity index (χ4v) is 4.65. The summed E-state index contributed by atoms with van der Waals surface area (Å²) in [5, 5.41) is 5.17. The average molecular weight is 439 g/mol. The first kappa shape index (κ1) is 19.2. The number of nitrogens with one attached hydrogen (secondary N) is 1. The largest absolute Gasteiger partial charge is 0.495 e. The van der Waals surface area contributed by atoms with Crippen LogP contribution in [0.4, 0.5) is 0 Å². The van der Waals surface area contributed by atoms with Crippen molar-refractivity contribution in [2.75, 3.05) is 33.9 Å². The van der Waals surface area contributed by atoms with E-state index < -0.39 is 0 Å². The number of thiophene rings is 1. The molecule has 1 amide bonds. The van der Waals surface area contributed by atoms with Gasteiger partial charge < -0.3 is 14.8 Å². The molecule has 0 radical (unpaired) electrons. The molecule has 7 heteroatoms. The molecule has 1 aliphatic heterocycles. The maximum absolute atomic E-state index is 12.7. The van der Waals surface area contributed by atoms with E-state index in [4.69, 9.17) is 9.47 Å². The molecule has 26 heavy (non-hydrogen) atoms. The molecule has 1 fully saturated rings. The van der Waals surface area contributed by atoms with Gasteiger partial charge in [0.1, 0.15) is 16.0 Å². The van der Waals surface area contributed by atoms with Gasteiger partial charge in [0.15, 0.2) is 0 Å². The Morgan fingerprint density at radius 1 is 1.27 bits per heavy atom. The summed E-state index contributed by atoms with van der Waals surface area (Å²) >= 11 is 5.17. The Balaban J connectivity index is 1.74. The van der Waals surface area contributed by atoms with Crippen LogP contribution in [0.1, 0.15) is 34.1 Å². The molecular formula is C19H23BrN2O3S. The molecule has 0 bridgehead atoms. The molecule has 1 aliphatic rings. The van der Waals surface area contributed by atoms with Crippen molar-refractivity contribution in [2.24, 2.45) is 0 Å². The second-order valence-corrected chi connectivity index (χ2v) is 7.95. The lowest BCUT2D eigenvalue weighted by molar-refractivity contribution is 0.0937. The number of hydrogen-bond acceptors (Lipinski definition) is 5. The van der Waals surface area contributed by atoms with Crippen LogP contribution in [0.3, 0.4) is 0 Å². The molecule has 5 nitrogen and oxygen atoms in total. The van der Waals surface area contributed by atoms with Crippen LogP contribution < -0.4 is 14.8 Å². The first-order valence-corrected chi connectivity index (χ1v) is 10.3. The van der Waals surface area contributed by atoms with Gasteiger partial charge in [-0.2, -0.15) is 0 Å². The van der Waals surface area contributed by atoms with Crippen LogP contribution in [0.25, 0.3) is 0 Å². The van der Waals surface area contributed by atoms with Crippen molar-refractivity contribution in [2.45, 2.75) is 18.9 Å². The molecule has 1 aromatic carbocycles. The highest BCUT2D eigenvalue weighted by molar-refractivity contribution is 9.10. The van der Waals surface area contributed by atoms with Crippen molar-refractivity contribution in [1.29, 1.82) is 0 Å². The van der Waals surface area contributed by atoms with Crippen molar-refractivity contribution in [3.8, 4) is 11.5 Å². The fraction of sp³-hybridized carbons (Fsp3) is 0.421. The summed E-state index contributed by atoms with van der Waals surface area (Å²) in [6, 6.07) is 7.87. The topological polar surface area (TPSA) is 50.8 Å². The summed E-state index contributed by atoms with van der Waals surface area (Å²) in [5.41, 5.74) is 0.522. The fourth-order valence-electron chi connectivity index (χ4n) is 3.24. The number of nitrogens with zero attached hydrogens (tertiary/aromatic N) is 1. The normalized spacial score (nSPS) is 15.7. The van der Waals surface area contributed by atoms with Crippen LogP contribution in [0.2, 0.25) is 0 Å². The van der Waals surface area contributed by atoms with Gasteiger partial charge in [0.05, 0.1) is 20.3 Å². The Morgan fingerprint density at radius 3 is 2.46 bits per heavy atom. The van der Waals surface area contributed by atoms with Gasteiger partial charge in [-0.05, 0) is 65.4 Å². The number of likely N-dealkylation sites (tertiary alicyclic amines) is 1. The highest BCUT2D eigenvalue weighted by Crippen LogP contribution is 2.35. The minimum Gasteiger partial charge on any atom is -0.495 e. The molecule has 2 aromatic rings. The standard InChI is InChI=1S/C19H23BrN2O3S/c1-24-15-10-13(11-16(25-2)18(15)20)19(23)21-12-14(17-6-5-9-26-17)22-7-3-4-8-22/h5-6,9-11,14H,3-4,7-8,12H2,1-2H3,(H,21,23)/t14-/m1/s1. The predicted molar refractivity (Wildman–Crippen MR) is 107 cm³/mol. The van der Waals surface area contributed by atoms with Crippen LogP contribution in [0, 0.1) is 0 Å². The van der Waals surface area contributed by atoms with Gasteiger partial charge in [0.2, 0.25) is 0 Å². The number of amides is 1. The summed E-state index contributed by atoms with van der Waals surface area (Å²) in [4.78, 5) is 16.5. The zero-order chi connectivity index (χ0) is 18.5. The molecule has 0 aliphatic carbocycles. The third kappa shape index (κ3) is 4.22. The van der Waals surface area contributed by atoms with E-state index in [0.29, 0.717) is 28.1 Å². The number of rotatable bonds is 7. The molecular weight excluding hydrogens is 416 g/mol. The first-order chi connectivity index (χ1) is 12.6. The third-order valence-corrected chi connectivity index (χ3v) is 6.37. The second-order valence-electron chi connectivity index (χ2n) is 6.18. The molecule has 0 unspecified atom stereocenters. The lowest BCUT2D eigenvalue weighted by Gasteiger charge is -2.27. The Bertz CT molecular complexity index is 720. The van der Waals surface area contributed by atoms with Crippen molar-refractivity contribution >= 4 is 33.2 Å². The van der Waals surface area contributed by atoms with Gasteiger partial charge in [-0.1, -0.05) is 6.07 Å². The Labute approximate surface area is 166 Å². The van der Waals surface area contributed by atoms with Crippen molar-refractivity contribution in [3.63, 3.8) is 0 Å². The SMILES string of the molecule is COc1cc(C(=O)NC[C@H](c2cccs2)N2CCCC2)cc(OC)c1Br. The molecule has 1 atom stereocenters. The number of ether oxygens (including phenoxy) is 2. The van der Waals surface area contributed by atoms with Gasteiger partial charge in [0, 0.05) is 17.0 Å². The van der Waals surface area contributed by atoms with Crippen molar-refractivity contribution in [3.05, 3.63) is 44.6 Å². The summed E-state index contributed by atoms with van der Waals surface area (Å²) in [5.74, 6) is 1.02. The van der Waals surface area contributed by atoms with E-state index in [-0.39, 0.29) is 11.9 Å². The van der Waals surface area contributed by atoms with Gasteiger partial charge >= 0.3 is 0 Å². The van der Waals surface area contributed by atoms with E-state index in [1.165, 1.54) is 17.7 Å². The predicted octanol–water partition coefficient (Wildman–Crippen LogP) is 4.09. The Hall–Kier alpha value is -1.57. The van der Waals surface area contributed by atoms with E-state index in [1.807, 2.05) is 0 Å². The van der Waals surface area contributed by atoms with Crippen LogP contribution in [0.5, 0.6) is 11.5 Å². The van der Waals surface area contributed by atoms with Crippen molar-refractivity contribution < 1.29 is 14.3 Å². The van der Waals surface area contributed by atoms with Gasteiger partial charge in [-0.3, -0.25) is 9.69 Å². The molecule has 1 N–H and O–H groups in total.